The highest BCUT2D eigenvalue weighted by molar-refractivity contribution is 6.30. The van der Waals surface area contributed by atoms with Gasteiger partial charge in [-0.05, 0) is 86.0 Å². The molecule has 45 heavy (non-hydrogen) atoms. The van der Waals surface area contributed by atoms with Crippen LogP contribution in [0.1, 0.15) is 49.1 Å². The van der Waals surface area contributed by atoms with Gasteiger partial charge < -0.3 is 23.8 Å². The van der Waals surface area contributed by atoms with E-state index in [0.717, 1.165) is 16.9 Å². The van der Waals surface area contributed by atoms with Gasteiger partial charge in [0.25, 0.3) is 0 Å². The van der Waals surface area contributed by atoms with Crippen LogP contribution < -0.4 is 14.2 Å². The van der Waals surface area contributed by atoms with Gasteiger partial charge in [-0.15, -0.1) is 0 Å². The van der Waals surface area contributed by atoms with Crippen molar-refractivity contribution in [3.63, 3.8) is 0 Å². The largest absolute Gasteiger partial charge is 0.497 e. The Balaban J connectivity index is 1.85. The number of methoxy groups -OCH3 is 2. The molecule has 234 valence electrons. The molecule has 0 saturated heterocycles. The summed E-state index contributed by atoms with van der Waals surface area (Å²) in [5, 5.41) is 1.12. The fourth-order valence-corrected chi connectivity index (χ4v) is 5.92. The van der Waals surface area contributed by atoms with Crippen molar-refractivity contribution in [2.75, 3.05) is 20.8 Å². The van der Waals surface area contributed by atoms with E-state index in [-0.39, 0.29) is 12.7 Å². The summed E-state index contributed by atoms with van der Waals surface area (Å²) < 4.78 is 23.3. The van der Waals surface area contributed by atoms with Crippen molar-refractivity contribution < 1.29 is 23.7 Å². The zero-order valence-corrected chi connectivity index (χ0v) is 27.4. The lowest BCUT2D eigenvalue weighted by Gasteiger charge is -2.37. The van der Waals surface area contributed by atoms with Gasteiger partial charge in [-0.3, -0.25) is 0 Å². The molecule has 0 spiro atoms. The third-order valence-corrected chi connectivity index (χ3v) is 8.10. The number of carbonyl (C=O) groups is 1. The number of ether oxygens (including phenoxy) is 4. The topological polar surface area (TPSA) is 69.6 Å². The van der Waals surface area contributed by atoms with E-state index in [9.17, 15) is 4.79 Å². The zero-order valence-electron chi connectivity index (χ0n) is 25.9. The maximum atomic E-state index is 14.5. The molecule has 0 bridgehead atoms. The SMILES string of the molecule is CCOC(=O)C1(c2ccc(Cl)cc2)N=C(c2ccc(OC)cc2OC(C)C)N(Cc2cccc(OC)c2)[C@@H]1c1ccc(Cl)cc1. The van der Waals surface area contributed by atoms with Gasteiger partial charge in [0.2, 0.25) is 5.54 Å². The molecule has 1 aliphatic rings. The van der Waals surface area contributed by atoms with Crippen LogP contribution in [0.25, 0.3) is 0 Å². The first-order chi connectivity index (χ1) is 21.7. The molecule has 5 rings (SSSR count). The van der Waals surface area contributed by atoms with Crippen LogP contribution in [0.5, 0.6) is 17.2 Å². The maximum Gasteiger partial charge on any atom is 0.341 e. The number of carbonyl (C=O) groups excluding carboxylic acids is 1. The van der Waals surface area contributed by atoms with Gasteiger partial charge in [0, 0.05) is 22.7 Å². The molecule has 0 N–H and O–H groups in total. The van der Waals surface area contributed by atoms with Gasteiger partial charge in [-0.1, -0.05) is 59.6 Å². The molecule has 0 saturated carbocycles. The first-order valence-electron chi connectivity index (χ1n) is 14.7. The molecule has 4 aromatic rings. The van der Waals surface area contributed by atoms with Crippen molar-refractivity contribution in [1.29, 1.82) is 0 Å². The summed E-state index contributed by atoms with van der Waals surface area (Å²) in [4.78, 5) is 22.0. The highest BCUT2D eigenvalue weighted by Gasteiger charge is 2.57. The van der Waals surface area contributed by atoms with Crippen molar-refractivity contribution in [3.05, 3.63) is 123 Å². The van der Waals surface area contributed by atoms with Crippen molar-refractivity contribution in [1.82, 2.24) is 4.90 Å². The van der Waals surface area contributed by atoms with E-state index in [1.54, 1.807) is 33.3 Å². The average Bonchev–Trinajstić information content (AvgIpc) is 3.37. The minimum absolute atomic E-state index is 0.136. The Labute approximate surface area is 274 Å². The van der Waals surface area contributed by atoms with Gasteiger partial charge in [0.1, 0.15) is 23.1 Å². The van der Waals surface area contributed by atoms with E-state index in [1.807, 2.05) is 92.7 Å². The molecule has 0 radical (unpaired) electrons. The number of halogens is 2. The van der Waals surface area contributed by atoms with E-state index < -0.39 is 17.6 Å². The summed E-state index contributed by atoms with van der Waals surface area (Å²) in [6.07, 6.45) is -0.136. The molecule has 0 amide bonds. The monoisotopic (exact) mass is 646 g/mol. The summed E-state index contributed by atoms with van der Waals surface area (Å²) in [6.45, 7) is 6.26. The molecule has 1 aliphatic heterocycles. The molecule has 9 heteroatoms. The van der Waals surface area contributed by atoms with Crippen molar-refractivity contribution in [2.45, 2.75) is 45.0 Å². The summed E-state index contributed by atoms with van der Waals surface area (Å²) in [5.74, 6) is 1.99. The highest BCUT2D eigenvalue weighted by atomic mass is 35.5. The second kappa shape index (κ2) is 13.8. The van der Waals surface area contributed by atoms with E-state index >= 15 is 0 Å². The normalized spacial score (nSPS) is 17.6. The van der Waals surface area contributed by atoms with Gasteiger partial charge in [0.05, 0.1) is 38.5 Å². The minimum Gasteiger partial charge on any atom is -0.497 e. The molecule has 1 unspecified atom stereocenters. The number of esters is 1. The molecule has 0 aromatic heterocycles. The van der Waals surface area contributed by atoms with Crippen molar-refractivity contribution >= 4 is 35.0 Å². The Morgan fingerprint density at radius 2 is 1.53 bits per heavy atom. The summed E-state index contributed by atoms with van der Waals surface area (Å²) in [6, 6.07) is 27.5. The molecule has 0 fully saturated rings. The number of benzene rings is 4. The Bertz CT molecular complexity index is 1670. The Morgan fingerprint density at radius 1 is 0.889 bits per heavy atom. The molecule has 2 atom stereocenters. The van der Waals surface area contributed by atoms with Gasteiger partial charge >= 0.3 is 5.97 Å². The highest BCUT2D eigenvalue weighted by Crippen LogP contribution is 2.51. The van der Waals surface area contributed by atoms with Crippen LogP contribution in [0.3, 0.4) is 0 Å². The van der Waals surface area contributed by atoms with Gasteiger partial charge in [0.15, 0.2) is 0 Å². The Hall–Kier alpha value is -4.20. The maximum absolute atomic E-state index is 14.5. The Kier molecular flexibility index (Phi) is 9.90. The average molecular weight is 648 g/mol. The predicted molar refractivity (Wildman–Crippen MR) is 178 cm³/mol. The molecular weight excluding hydrogens is 611 g/mol. The van der Waals surface area contributed by atoms with Gasteiger partial charge in [-0.2, -0.15) is 0 Å². The fourth-order valence-electron chi connectivity index (χ4n) is 5.66. The van der Waals surface area contributed by atoms with Crippen LogP contribution in [0.15, 0.2) is 96.0 Å². The number of amidine groups is 1. The molecule has 7 nitrogen and oxygen atoms in total. The van der Waals surface area contributed by atoms with Crippen LogP contribution in [0.4, 0.5) is 0 Å². The smallest absolute Gasteiger partial charge is 0.341 e. The Morgan fingerprint density at radius 3 is 2.16 bits per heavy atom. The number of hydrogen-bond acceptors (Lipinski definition) is 7. The minimum atomic E-state index is -1.52. The molecule has 1 heterocycles. The first-order valence-corrected chi connectivity index (χ1v) is 15.5. The van der Waals surface area contributed by atoms with E-state index in [0.29, 0.717) is 45.1 Å². The molecular formula is C36H36Cl2N2O5. The van der Waals surface area contributed by atoms with Crippen LogP contribution in [0.2, 0.25) is 10.0 Å². The van der Waals surface area contributed by atoms with Crippen LogP contribution in [-0.4, -0.2) is 43.6 Å². The second-order valence-electron chi connectivity index (χ2n) is 10.9. The van der Waals surface area contributed by atoms with Crippen LogP contribution in [0, 0.1) is 0 Å². The van der Waals surface area contributed by atoms with E-state index in [2.05, 4.69) is 4.90 Å². The predicted octanol–water partition coefficient (Wildman–Crippen LogP) is 8.26. The number of aliphatic imine (C=N–C) groups is 1. The summed E-state index contributed by atoms with van der Waals surface area (Å²) in [7, 11) is 3.25. The lowest BCUT2D eigenvalue weighted by Crippen LogP contribution is -2.44. The van der Waals surface area contributed by atoms with Crippen LogP contribution >= 0.6 is 23.2 Å². The van der Waals surface area contributed by atoms with Crippen molar-refractivity contribution in [2.24, 2.45) is 4.99 Å². The summed E-state index contributed by atoms with van der Waals surface area (Å²) in [5.41, 5.74) is 1.60. The second-order valence-corrected chi connectivity index (χ2v) is 11.8. The molecule has 4 aromatic carbocycles. The number of hydrogen-bond donors (Lipinski definition) is 0. The zero-order chi connectivity index (χ0) is 32.1. The molecule has 0 aliphatic carbocycles. The van der Waals surface area contributed by atoms with Gasteiger partial charge in [-0.25, -0.2) is 9.79 Å². The third-order valence-electron chi connectivity index (χ3n) is 7.60. The quantitative estimate of drug-likeness (QED) is 0.153. The fraction of sp³-hybridized carbons (Fsp3) is 0.278. The number of nitrogens with zero attached hydrogens (tertiary/aromatic N) is 2. The lowest BCUT2D eigenvalue weighted by atomic mass is 9.79. The van der Waals surface area contributed by atoms with E-state index in [1.165, 1.54) is 0 Å². The first kappa shape index (κ1) is 32.2. The third kappa shape index (κ3) is 6.60. The van der Waals surface area contributed by atoms with Crippen LogP contribution in [-0.2, 0) is 21.6 Å². The standard InChI is InChI=1S/C36H36Cl2N2O5/c1-6-44-35(41)36(26-12-16-28(38)17-13-26)33(25-10-14-27(37)15-11-25)40(22-24-8-7-9-29(20-24)42-4)34(39-36)31-19-18-30(43-5)21-32(31)45-23(2)3/h7-21,23,33H,6,22H2,1-5H3/t33-,36?/m1/s1. The van der Waals surface area contributed by atoms with E-state index in [4.69, 9.17) is 47.1 Å². The van der Waals surface area contributed by atoms with Crippen molar-refractivity contribution in [3.8, 4) is 17.2 Å². The summed E-state index contributed by atoms with van der Waals surface area (Å²) >= 11 is 12.7. The lowest BCUT2D eigenvalue weighted by molar-refractivity contribution is -0.151. The number of rotatable bonds is 11.